The van der Waals surface area contributed by atoms with Gasteiger partial charge in [0.1, 0.15) is 0 Å². The summed E-state index contributed by atoms with van der Waals surface area (Å²) in [6, 6.07) is -0.439. The molecular weight excluding hydrogens is 238 g/mol. The molecule has 0 heterocycles. The van der Waals surface area contributed by atoms with Crippen LogP contribution in [-0.4, -0.2) is 42.6 Å². The Morgan fingerprint density at radius 3 is 2.44 bits per heavy atom. The Morgan fingerprint density at radius 2 is 1.89 bits per heavy atom. The van der Waals surface area contributed by atoms with E-state index in [2.05, 4.69) is 16.0 Å². The van der Waals surface area contributed by atoms with Crippen LogP contribution in [0.1, 0.15) is 32.6 Å². The second-order valence-corrected chi connectivity index (χ2v) is 4.01. The predicted molar refractivity (Wildman–Crippen MR) is 66.2 cm³/mol. The third kappa shape index (κ3) is 9.44. The second kappa shape index (κ2) is 9.26. The molecule has 0 aliphatic carbocycles. The number of carboxylic acid groups (broad SMARTS) is 1. The highest BCUT2D eigenvalue weighted by Crippen LogP contribution is 2.00. The van der Waals surface area contributed by atoms with Gasteiger partial charge >= 0.3 is 12.0 Å². The topological polar surface area (TPSA) is 108 Å². The van der Waals surface area contributed by atoms with Gasteiger partial charge in [-0.3, -0.25) is 9.59 Å². The molecule has 104 valence electrons. The second-order valence-electron chi connectivity index (χ2n) is 4.01. The quantitative estimate of drug-likeness (QED) is 0.494. The number of carbonyl (C=O) groups excluding carboxylic acids is 2. The van der Waals surface area contributed by atoms with Gasteiger partial charge in [-0.1, -0.05) is 0 Å². The molecule has 4 N–H and O–H groups in total. The molecule has 3 amide bonds. The van der Waals surface area contributed by atoms with Crippen LogP contribution >= 0.6 is 0 Å². The molecule has 1 unspecified atom stereocenters. The van der Waals surface area contributed by atoms with Gasteiger partial charge in [0.25, 0.3) is 0 Å². The molecule has 0 aromatic heterocycles. The van der Waals surface area contributed by atoms with Crippen LogP contribution in [0.15, 0.2) is 0 Å². The summed E-state index contributed by atoms with van der Waals surface area (Å²) in [6.07, 6.45) is 1.46. The smallest absolute Gasteiger partial charge is 0.315 e. The van der Waals surface area contributed by atoms with E-state index in [-0.39, 0.29) is 37.4 Å². The normalized spacial score (nSPS) is 11.4. The molecule has 0 aromatic carbocycles. The minimum absolute atomic E-state index is 0.0932. The minimum atomic E-state index is -0.836. The van der Waals surface area contributed by atoms with Crippen molar-refractivity contribution in [2.45, 2.75) is 38.6 Å². The monoisotopic (exact) mass is 259 g/mol. The maximum Gasteiger partial charge on any atom is 0.315 e. The van der Waals surface area contributed by atoms with Crippen LogP contribution in [-0.2, 0) is 9.59 Å². The first kappa shape index (κ1) is 16.2. The van der Waals surface area contributed by atoms with Crippen LogP contribution in [0.2, 0.25) is 0 Å². The SMILES string of the molecule is CNC(=O)CCNC(=O)NC(C)CCCC(=O)O. The van der Waals surface area contributed by atoms with Crippen LogP contribution in [0.25, 0.3) is 0 Å². The number of hydrogen-bond acceptors (Lipinski definition) is 3. The molecule has 0 spiro atoms. The van der Waals surface area contributed by atoms with Crippen molar-refractivity contribution in [3.05, 3.63) is 0 Å². The highest BCUT2D eigenvalue weighted by molar-refractivity contribution is 5.78. The average molecular weight is 259 g/mol. The van der Waals surface area contributed by atoms with Crippen molar-refractivity contribution in [2.24, 2.45) is 0 Å². The van der Waals surface area contributed by atoms with Crippen LogP contribution < -0.4 is 16.0 Å². The molecule has 0 aliphatic rings. The third-order valence-electron chi connectivity index (χ3n) is 2.32. The van der Waals surface area contributed by atoms with Crippen molar-refractivity contribution in [1.29, 1.82) is 0 Å². The summed E-state index contributed by atoms with van der Waals surface area (Å²) in [5, 5.41) is 16.1. The Hall–Kier alpha value is -1.79. The number of rotatable bonds is 8. The minimum Gasteiger partial charge on any atom is -0.481 e. The van der Waals surface area contributed by atoms with Crippen molar-refractivity contribution in [3.8, 4) is 0 Å². The molecule has 0 aliphatic heterocycles. The molecule has 0 fully saturated rings. The highest BCUT2D eigenvalue weighted by Gasteiger charge is 2.08. The van der Waals surface area contributed by atoms with Gasteiger partial charge in [-0.05, 0) is 19.8 Å². The molecule has 7 heteroatoms. The first-order valence-corrected chi connectivity index (χ1v) is 5.92. The molecule has 1 atom stereocenters. The summed E-state index contributed by atoms with van der Waals surface area (Å²) in [7, 11) is 1.53. The Labute approximate surface area is 106 Å². The van der Waals surface area contributed by atoms with E-state index in [1.54, 1.807) is 6.92 Å². The lowest BCUT2D eigenvalue weighted by Crippen LogP contribution is -2.41. The summed E-state index contributed by atoms with van der Waals surface area (Å²) < 4.78 is 0. The van der Waals surface area contributed by atoms with Gasteiger partial charge in [0, 0.05) is 32.5 Å². The van der Waals surface area contributed by atoms with Crippen molar-refractivity contribution in [2.75, 3.05) is 13.6 Å². The summed E-state index contributed by atoms with van der Waals surface area (Å²) in [4.78, 5) is 32.5. The van der Waals surface area contributed by atoms with E-state index in [0.29, 0.717) is 12.8 Å². The van der Waals surface area contributed by atoms with Gasteiger partial charge in [-0.15, -0.1) is 0 Å². The van der Waals surface area contributed by atoms with Gasteiger partial charge in [0.05, 0.1) is 0 Å². The standard InChI is InChI=1S/C11H21N3O4/c1-8(4-3-5-10(16)17)14-11(18)13-7-6-9(15)12-2/h8H,3-7H2,1-2H3,(H,12,15)(H,16,17)(H2,13,14,18). The van der Waals surface area contributed by atoms with E-state index < -0.39 is 5.97 Å². The molecule has 0 rings (SSSR count). The number of carboxylic acids is 1. The maximum atomic E-state index is 11.4. The molecule has 18 heavy (non-hydrogen) atoms. The Bertz CT molecular complexity index is 294. The van der Waals surface area contributed by atoms with E-state index in [0.717, 1.165) is 0 Å². The molecule has 0 radical (unpaired) electrons. The van der Waals surface area contributed by atoms with Crippen LogP contribution in [0, 0.1) is 0 Å². The molecule has 0 aromatic rings. The number of hydrogen-bond donors (Lipinski definition) is 4. The number of urea groups is 1. The van der Waals surface area contributed by atoms with Gasteiger partial charge in [0.2, 0.25) is 5.91 Å². The first-order valence-electron chi connectivity index (χ1n) is 5.92. The van der Waals surface area contributed by atoms with Crippen molar-refractivity contribution in [3.63, 3.8) is 0 Å². The van der Waals surface area contributed by atoms with E-state index in [1.165, 1.54) is 7.05 Å². The van der Waals surface area contributed by atoms with Crippen molar-refractivity contribution < 1.29 is 19.5 Å². The van der Waals surface area contributed by atoms with Gasteiger partial charge in [0.15, 0.2) is 0 Å². The fraction of sp³-hybridized carbons (Fsp3) is 0.727. The summed E-state index contributed by atoms with van der Waals surface area (Å²) in [6.45, 7) is 2.08. The zero-order chi connectivity index (χ0) is 14.0. The van der Waals surface area contributed by atoms with E-state index in [9.17, 15) is 14.4 Å². The zero-order valence-corrected chi connectivity index (χ0v) is 10.8. The van der Waals surface area contributed by atoms with Gasteiger partial charge < -0.3 is 21.1 Å². The van der Waals surface area contributed by atoms with Gasteiger partial charge in [-0.25, -0.2) is 4.79 Å². The lowest BCUT2D eigenvalue weighted by Gasteiger charge is -2.13. The molecule has 7 nitrogen and oxygen atoms in total. The number of aliphatic carboxylic acids is 1. The molecule has 0 bridgehead atoms. The Balaban J connectivity index is 3.61. The lowest BCUT2D eigenvalue weighted by atomic mass is 10.1. The van der Waals surface area contributed by atoms with E-state index in [1.807, 2.05) is 0 Å². The highest BCUT2D eigenvalue weighted by atomic mass is 16.4. The summed E-state index contributed by atoms with van der Waals surface area (Å²) in [5.74, 6) is -0.970. The Morgan fingerprint density at radius 1 is 1.22 bits per heavy atom. The van der Waals surface area contributed by atoms with E-state index >= 15 is 0 Å². The number of nitrogens with one attached hydrogen (secondary N) is 3. The van der Waals surface area contributed by atoms with Gasteiger partial charge in [-0.2, -0.15) is 0 Å². The average Bonchev–Trinajstić information content (AvgIpc) is 2.28. The molecular formula is C11H21N3O4. The van der Waals surface area contributed by atoms with E-state index in [4.69, 9.17) is 5.11 Å². The largest absolute Gasteiger partial charge is 0.481 e. The number of carbonyl (C=O) groups is 3. The summed E-state index contributed by atoms with van der Waals surface area (Å²) >= 11 is 0. The fourth-order valence-electron chi connectivity index (χ4n) is 1.32. The molecule has 0 saturated heterocycles. The van der Waals surface area contributed by atoms with Crippen LogP contribution in [0.5, 0.6) is 0 Å². The maximum absolute atomic E-state index is 11.4. The first-order chi connectivity index (χ1) is 8.45. The predicted octanol–water partition coefficient (Wildman–Crippen LogP) is 0.0651. The Kier molecular flexibility index (Phi) is 8.34. The fourth-order valence-corrected chi connectivity index (χ4v) is 1.32. The van der Waals surface area contributed by atoms with Crippen LogP contribution in [0.3, 0.4) is 0 Å². The summed E-state index contributed by atoms with van der Waals surface area (Å²) in [5.41, 5.74) is 0. The van der Waals surface area contributed by atoms with Crippen molar-refractivity contribution >= 4 is 17.9 Å². The molecule has 0 saturated carbocycles. The lowest BCUT2D eigenvalue weighted by molar-refractivity contribution is -0.137. The zero-order valence-electron chi connectivity index (χ0n) is 10.8. The van der Waals surface area contributed by atoms with Crippen LogP contribution in [0.4, 0.5) is 4.79 Å². The van der Waals surface area contributed by atoms with Crippen molar-refractivity contribution in [1.82, 2.24) is 16.0 Å². The number of amides is 3. The third-order valence-corrected chi connectivity index (χ3v) is 2.32.